The molecule has 2 aromatic carbocycles. The van der Waals surface area contributed by atoms with Gasteiger partial charge in [0.1, 0.15) is 5.75 Å². The van der Waals surface area contributed by atoms with Gasteiger partial charge in [0.2, 0.25) is 5.91 Å². The van der Waals surface area contributed by atoms with E-state index in [1.165, 1.54) is 0 Å². The summed E-state index contributed by atoms with van der Waals surface area (Å²) in [4.78, 5) is 12.0. The van der Waals surface area contributed by atoms with Crippen molar-refractivity contribution in [2.75, 3.05) is 12.4 Å². The summed E-state index contributed by atoms with van der Waals surface area (Å²) in [6.07, 6.45) is 0.273. The van der Waals surface area contributed by atoms with E-state index in [2.05, 4.69) is 5.32 Å². The second-order valence-electron chi connectivity index (χ2n) is 4.69. The Hall–Kier alpha value is -1.71. The van der Waals surface area contributed by atoms with Crippen molar-refractivity contribution < 1.29 is 9.53 Å². The van der Waals surface area contributed by atoms with Crippen molar-refractivity contribution in [2.45, 2.75) is 13.3 Å². The van der Waals surface area contributed by atoms with E-state index < -0.39 is 0 Å². The third kappa shape index (κ3) is 4.38. The first-order chi connectivity index (χ1) is 9.97. The van der Waals surface area contributed by atoms with Crippen LogP contribution in [0.4, 0.5) is 5.69 Å². The molecule has 110 valence electrons. The number of amides is 1. The van der Waals surface area contributed by atoms with Gasteiger partial charge in [-0.2, -0.15) is 0 Å². The van der Waals surface area contributed by atoms with Crippen LogP contribution in [0, 0.1) is 6.92 Å². The molecule has 0 bridgehead atoms. The first kappa shape index (κ1) is 15.7. The van der Waals surface area contributed by atoms with Gasteiger partial charge >= 0.3 is 0 Å². The number of aryl methyl sites for hydroxylation is 1. The Balaban J connectivity index is 2.06. The van der Waals surface area contributed by atoms with Gasteiger partial charge in [-0.15, -0.1) is 0 Å². The number of carbonyl (C=O) groups is 1. The zero-order valence-electron chi connectivity index (χ0n) is 11.7. The number of hydrogen-bond donors (Lipinski definition) is 1. The highest BCUT2D eigenvalue weighted by molar-refractivity contribution is 6.35. The number of carbonyl (C=O) groups excluding carboxylic acids is 1. The number of benzene rings is 2. The van der Waals surface area contributed by atoms with E-state index in [-0.39, 0.29) is 12.3 Å². The Bertz CT molecular complexity index is 651. The van der Waals surface area contributed by atoms with Crippen LogP contribution in [0.15, 0.2) is 36.4 Å². The highest BCUT2D eigenvalue weighted by atomic mass is 35.5. The van der Waals surface area contributed by atoms with Crippen molar-refractivity contribution in [1.82, 2.24) is 0 Å². The van der Waals surface area contributed by atoms with Gasteiger partial charge in [-0.3, -0.25) is 4.79 Å². The average molecular weight is 324 g/mol. The highest BCUT2D eigenvalue weighted by Gasteiger charge is 2.07. The summed E-state index contributed by atoms with van der Waals surface area (Å²) in [5.41, 5.74) is 2.50. The third-order valence-electron chi connectivity index (χ3n) is 2.97. The molecular weight excluding hydrogens is 309 g/mol. The van der Waals surface area contributed by atoms with E-state index >= 15 is 0 Å². The lowest BCUT2D eigenvalue weighted by Gasteiger charge is -2.09. The molecule has 0 unspecified atom stereocenters. The van der Waals surface area contributed by atoms with E-state index in [0.717, 1.165) is 16.9 Å². The van der Waals surface area contributed by atoms with E-state index in [1.807, 2.05) is 25.1 Å². The first-order valence-electron chi connectivity index (χ1n) is 6.37. The molecular formula is C16H15Cl2NO2. The minimum atomic E-state index is -0.127. The Morgan fingerprint density at radius 2 is 1.81 bits per heavy atom. The van der Waals surface area contributed by atoms with E-state index in [1.54, 1.807) is 25.3 Å². The third-order valence-corrected chi connectivity index (χ3v) is 3.41. The van der Waals surface area contributed by atoms with E-state index in [4.69, 9.17) is 27.9 Å². The zero-order chi connectivity index (χ0) is 15.4. The minimum absolute atomic E-state index is 0.127. The molecule has 3 nitrogen and oxygen atoms in total. The Labute approximate surface area is 133 Å². The second kappa shape index (κ2) is 6.83. The lowest BCUT2D eigenvalue weighted by atomic mass is 10.1. The normalized spacial score (nSPS) is 10.3. The van der Waals surface area contributed by atoms with Crippen molar-refractivity contribution >= 4 is 34.8 Å². The van der Waals surface area contributed by atoms with Crippen LogP contribution in [0.1, 0.15) is 11.1 Å². The molecule has 0 aliphatic heterocycles. The lowest BCUT2D eigenvalue weighted by molar-refractivity contribution is -0.115. The molecule has 0 aromatic heterocycles. The van der Waals surface area contributed by atoms with Crippen molar-refractivity contribution in [2.24, 2.45) is 0 Å². The topological polar surface area (TPSA) is 38.3 Å². The second-order valence-corrected chi connectivity index (χ2v) is 5.56. The van der Waals surface area contributed by atoms with E-state index in [0.29, 0.717) is 15.7 Å². The summed E-state index contributed by atoms with van der Waals surface area (Å²) in [5.74, 6) is 0.679. The predicted molar refractivity (Wildman–Crippen MR) is 86.5 cm³/mol. The summed E-state index contributed by atoms with van der Waals surface area (Å²) in [7, 11) is 1.62. The standard InChI is InChI=1S/C16H15Cl2NO2/c1-10-5-11(3-4-15(10)21-2)6-16(20)19-14-8-12(17)7-13(18)9-14/h3-5,7-9H,6H2,1-2H3,(H,19,20). The number of anilines is 1. The number of methoxy groups -OCH3 is 1. The summed E-state index contributed by atoms with van der Waals surface area (Å²) in [5, 5.41) is 3.75. The summed E-state index contributed by atoms with van der Waals surface area (Å²) in [6, 6.07) is 10.6. The van der Waals surface area contributed by atoms with Crippen LogP contribution in [0.3, 0.4) is 0 Å². The summed E-state index contributed by atoms with van der Waals surface area (Å²) >= 11 is 11.8. The van der Waals surface area contributed by atoms with Gasteiger partial charge in [-0.05, 0) is 42.3 Å². The zero-order valence-corrected chi connectivity index (χ0v) is 13.3. The minimum Gasteiger partial charge on any atom is -0.496 e. The van der Waals surface area contributed by atoms with Gasteiger partial charge < -0.3 is 10.1 Å². The van der Waals surface area contributed by atoms with Crippen LogP contribution in [0.2, 0.25) is 10.0 Å². The number of ether oxygens (including phenoxy) is 1. The van der Waals surface area contributed by atoms with Gasteiger partial charge in [0.05, 0.1) is 13.5 Å². The quantitative estimate of drug-likeness (QED) is 0.900. The van der Waals surface area contributed by atoms with E-state index in [9.17, 15) is 4.79 Å². The van der Waals surface area contributed by atoms with Crippen molar-refractivity contribution in [1.29, 1.82) is 0 Å². The Morgan fingerprint density at radius 3 is 2.38 bits per heavy atom. The van der Waals surface area contributed by atoms with Gasteiger partial charge in [-0.1, -0.05) is 35.3 Å². The van der Waals surface area contributed by atoms with Gasteiger partial charge in [0.25, 0.3) is 0 Å². The highest BCUT2D eigenvalue weighted by Crippen LogP contribution is 2.23. The number of halogens is 2. The van der Waals surface area contributed by atoms with Crippen molar-refractivity contribution in [3.8, 4) is 5.75 Å². The van der Waals surface area contributed by atoms with Crippen LogP contribution in [-0.2, 0) is 11.2 Å². The summed E-state index contributed by atoms with van der Waals surface area (Å²) < 4.78 is 5.20. The van der Waals surface area contributed by atoms with Crippen LogP contribution in [0.5, 0.6) is 5.75 Å². The SMILES string of the molecule is COc1ccc(CC(=O)Nc2cc(Cl)cc(Cl)c2)cc1C. The fourth-order valence-electron chi connectivity index (χ4n) is 2.07. The van der Waals surface area contributed by atoms with Crippen molar-refractivity contribution in [3.05, 3.63) is 57.6 Å². The van der Waals surface area contributed by atoms with Gasteiger partial charge in [0.15, 0.2) is 0 Å². The summed E-state index contributed by atoms with van der Waals surface area (Å²) in [6.45, 7) is 1.94. The molecule has 0 saturated carbocycles. The molecule has 0 aliphatic carbocycles. The maximum absolute atomic E-state index is 12.0. The van der Waals surface area contributed by atoms with Crippen LogP contribution >= 0.6 is 23.2 Å². The fraction of sp³-hybridized carbons (Fsp3) is 0.188. The molecule has 1 N–H and O–H groups in total. The largest absolute Gasteiger partial charge is 0.496 e. The molecule has 0 spiro atoms. The van der Waals surface area contributed by atoms with Crippen LogP contribution in [0.25, 0.3) is 0 Å². The molecule has 2 rings (SSSR count). The molecule has 0 fully saturated rings. The average Bonchev–Trinajstić information content (AvgIpc) is 2.37. The molecule has 0 heterocycles. The molecule has 0 saturated heterocycles. The first-order valence-corrected chi connectivity index (χ1v) is 7.13. The monoisotopic (exact) mass is 323 g/mol. The van der Waals surface area contributed by atoms with Gasteiger partial charge in [-0.25, -0.2) is 0 Å². The predicted octanol–water partition coefficient (Wildman–Crippen LogP) is 4.49. The fourth-order valence-corrected chi connectivity index (χ4v) is 2.59. The number of nitrogens with one attached hydrogen (secondary N) is 1. The Morgan fingerprint density at radius 1 is 1.14 bits per heavy atom. The molecule has 5 heteroatoms. The molecule has 0 radical (unpaired) electrons. The molecule has 21 heavy (non-hydrogen) atoms. The Kier molecular flexibility index (Phi) is 5.10. The lowest BCUT2D eigenvalue weighted by Crippen LogP contribution is -2.14. The molecule has 1 amide bonds. The number of rotatable bonds is 4. The van der Waals surface area contributed by atoms with Crippen LogP contribution in [-0.4, -0.2) is 13.0 Å². The number of hydrogen-bond acceptors (Lipinski definition) is 2. The molecule has 2 aromatic rings. The van der Waals surface area contributed by atoms with Crippen LogP contribution < -0.4 is 10.1 Å². The molecule has 0 atom stereocenters. The maximum Gasteiger partial charge on any atom is 0.228 e. The van der Waals surface area contributed by atoms with Gasteiger partial charge in [0, 0.05) is 15.7 Å². The maximum atomic E-state index is 12.0. The smallest absolute Gasteiger partial charge is 0.228 e. The molecule has 0 aliphatic rings. The van der Waals surface area contributed by atoms with Crippen molar-refractivity contribution in [3.63, 3.8) is 0 Å².